The van der Waals surface area contributed by atoms with Crippen molar-refractivity contribution < 1.29 is 17.2 Å². The number of hydrogen-bond donors (Lipinski definition) is 2. The van der Waals surface area contributed by atoms with Crippen LogP contribution in [0, 0.1) is 11.6 Å². The van der Waals surface area contributed by atoms with Gasteiger partial charge in [0.15, 0.2) is 11.5 Å². The minimum Gasteiger partial charge on any atom is -0.335 e. The summed E-state index contributed by atoms with van der Waals surface area (Å²) >= 11 is 0. The maximum Gasteiger partial charge on any atom is 0.178 e. The highest BCUT2D eigenvalue weighted by Crippen LogP contribution is 2.35. The summed E-state index contributed by atoms with van der Waals surface area (Å²) in [5.41, 5.74) is 4.35. The van der Waals surface area contributed by atoms with E-state index in [1.807, 2.05) is 0 Å². The number of imidazole rings is 1. The first-order chi connectivity index (χ1) is 18.3. The summed E-state index contributed by atoms with van der Waals surface area (Å²) < 4.78 is 53.5. The number of sulfone groups is 1. The third-order valence-corrected chi connectivity index (χ3v) is 7.23. The van der Waals surface area contributed by atoms with Gasteiger partial charge < -0.3 is 4.98 Å². The quantitative estimate of drug-likeness (QED) is 0.310. The topological polar surface area (TPSA) is 117 Å². The molecular formula is C27H20F2N6O2S. The lowest BCUT2D eigenvalue weighted by atomic mass is 10.0. The van der Waals surface area contributed by atoms with Gasteiger partial charge in [-0.15, -0.1) is 0 Å². The van der Waals surface area contributed by atoms with Gasteiger partial charge in [-0.3, -0.25) is 10.1 Å². The lowest BCUT2D eigenvalue weighted by Gasteiger charge is -2.07. The fourth-order valence-electron chi connectivity index (χ4n) is 4.51. The van der Waals surface area contributed by atoms with Gasteiger partial charge in [-0.25, -0.2) is 27.2 Å². The molecule has 0 unspecified atom stereocenters. The number of H-pyrrole nitrogens is 2. The molecule has 8 nitrogen and oxygen atoms in total. The third kappa shape index (κ3) is 4.41. The van der Waals surface area contributed by atoms with E-state index in [4.69, 9.17) is 0 Å². The summed E-state index contributed by atoms with van der Waals surface area (Å²) in [7, 11) is -3.20. The molecule has 0 fully saturated rings. The van der Waals surface area contributed by atoms with Gasteiger partial charge in [-0.05, 0) is 53.9 Å². The van der Waals surface area contributed by atoms with E-state index in [0.29, 0.717) is 50.3 Å². The van der Waals surface area contributed by atoms with E-state index in [-0.39, 0.29) is 23.3 Å². The van der Waals surface area contributed by atoms with E-state index in [1.54, 1.807) is 55.0 Å². The summed E-state index contributed by atoms with van der Waals surface area (Å²) in [4.78, 5) is 16.1. The molecule has 0 aliphatic rings. The van der Waals surface area contributed by atoms with E-state index < -0.39 is 21.5 Å². The minimum absolute atomic E-state index is 0.0886. The average Bonchev–Trinajstić information content (AvgIpc) is 3.52. The van der Waals surface area contributed by atoms with E-state index in [2.05, 4.69) is 30.1 Å². The zero-order valence-electron chi connectivity index (χ0n) is 20.0. The zero-order chi connectivity index (χ0) is 26.4. The molecule has 4 heterocycles. The van der Waals surface area contributed by atoms with E-state index >= 15 is 4.39 Å². The van der Waals surface area contributed by atoms with Crippen LogP contribution < -0.4 is 0 Å². The molecule has 2 aromatic carbocycles. The van der Waals surface area contributed by atoms with Gasteiger partial charge >= 0.3 is 0 Å². The van der Waals surface area contributed by atoms with Crippen LogP contribution in [0.1, 0.15) is 5.56 Å². The first-order valence-corrected chi connectivity index (χ1v) is 13.7. The van der Waals surface area contributed by atoms with Crippen LogP contribution in [0.15, 0.2) is 67.1 Å². The van der Waals surface area contributed by atoms with Crippen molar-refractivity contribution in [2.75, 3.05) is 12.0 Å². The van der Waals surface area contributed by atoms with Gasteiger partial charge in [0.1, 0.15) is 27.2 Å². The molecule has 4 aromatic heterocycles. The average molecular weight is 531 g/mol. The standard InChI is InChI=1S/C27H20F2N6O2S/c1-38(36,37)10-7-15-11-17(13-18(28)12-15)20-6-9-31-26-24(20)32-27(33-26)25-22-21(34-35-25)5-4-19(23(22)29)16-3-2-8-30-14-16/h2-6,8-9,11-14H,7,10H2,1H3,(H,34,35)(H,31,32,33). The molecule has 0 radical (unpaired) electrons. The lowest BCUT2D eigenvalue weighted by Crippen LogP contribution is -2.06. The number of aromatic amines is 2. The van der Waals surface area contributed by atoms with Crippen molar-refractivity contribution in [1.29, 1.82) is 0 Å². The number of benzene rings is 2. The molecule has 6 rings (SSSR count). The third-order valence-electron chi connectivity index (χ3n) is 6.29. The van der Waals surface area contributed by atoms with Crippen LogP contribution in [-0.4, -0.2) is 50.6 Å². The Hall–Kier alpha value is -4.51. The van der Waals surface area contributed by atoms with Gasteiger partial charge in [0.25, 0.3) is 0 Å². The van der Waals surface area contributed by atoms with Crippen molar-refractivity contribution in [3.63, 3.8) is 0 Å². The van der Waals surface area contributed by atoms with Crippen LogP contribution in [0.5, 0.6) is 0 Å². The first-order valence-electron chi connectivity index (χ1n) is 11.7. The Morgan fingerprint density at radius 2 is 1.84 bits per heavy atom. The molecule has 190 valence electrons. The van der Waals surface area contributed by atoms with Gasteiger partial charge in [-0.1, -0.05) is 12.1 Å². The molecule has 0 atom stereocenters. The van der Waals surface area contributed by atoms with Crippen LogP contribution >= 0.6 is 0 Å². The van der Waals surface area contributed by atoms with Gasteiger partial charge in [-0.2, -0.15) is 5.10 Å². The largest absolute Gasteiger partial charge is 0.335 e. The fourth-order valence-corrected chi connectivity index (χ4v) is 5.11. The molecule has 0 saturated carbocycles. The van der Waals surface area contributed by atoms with Crippen molar-refractivity contribution >= 4 is 31.9 Å². The second kappa shape index (κ2) is 9.10. The highest BCUT2D eigenvalue weighted by Gasteiger charge is 2.21. The van der Waals surface area contributed by atoms with Gasteiger partial charge in [0, 0.05) is 41.5 Å². The van der Waals surface area contributed by atoms with Gasteiger partial charge in [0.2, 0.25) is 0 Å². The minimum atomic E-state index is -3.20. The fraction of sp³-hybridized carbons (Fsp3) is 0.111. The Morgan fingerprint density at radius 3 is 2.63 bits per heavy atom. The monoisotopic (exact) mass is 530 g/mol. The van der Waals surface area contributed by atoms with Crippen molar-refractivity contribution in [3.8, 4) is 33.8 Å². The number of nitrogens with zero attached hydrogens (tertiary/aromatic N) is 4. The van der Waals surface area contributed by atoms with Gasteiger partial charge in [0.05, 0.1) is 22.2 Å². The number of halogens is 2. The van der Waals surface area contributed by atoms with E-state index in [1.165, 1.54) is 12.1 Å². The normalized spacial score (nSPS) is 12.0. The van der Waals surface area contributed by atoms with Crippen molar-refractivity contribution in [3.05, 3.63) is 84.3 Å². The Kier molecular flexibility index (Phi) is 5.72. The smallest absolute Gasteiger partial charge is 0.178 e. The maximum absolute atomic E-state index is 15.7. The Bertz CT molecular complexity index is 1930. The summed E-state index contributed by atoms with van der Waals surface area (Å²) in [6.07, 6.45) is 6.09. The Morgan fingerprint density at radius 1 is 0.974 bits per heavy atom. The number of pyridine rings is 2. The van der Waals surface area contributed by atoms with E-state index in [0.717, 1.165) is 6.26 Å². The van der Waals surface area contributed by atoms with Crippen molar-refractivity contribution in [1.82, 2.24) is 30.1 Å². The lowest BCUT2D eigenvalue weighted by molar-refractivity contribution is 0.600. The van der Waals surface area contributed by atoms with Crippen LogP contribution in [0.25, 0.3) is 55.8 Å². The molecule has 2 N–H and O–H groups in total. The second-order valence-corrected chi connectivity index (χ2v) is 11.3. The molecule has 38 heavy (non-hydrogen) atoms. The summed E-state index contributed by atoms with van der Waals surface area (Å²) in [5.74, 6) is -0.746. The van der Waals surface area contributed by atoms with Crippen LogP contribution in [0.2, 0.25) is 0 Å². The Balaban J connectivity index is 1.46. The number of fused-ring (bicyclic) bond motifs is 2. The second-order valence-electron chi connectivity index (χ2n) is 9.03. The highest BCUT2D eigenvalue weighted by molar-refractivity contribution is 7.90. The SMILES string of the molecule is CS(=O)(=O)CCc1cc(F)cc(-c2ccnc3nc(-c4n[nH]c5ccc(-c6cccnc6)c(F)c45)[nH]c23)c1. The first kappa shape index (κ1) is 23.9. The summed E-state index contributed by atoms with van der Waals surface area (Å²) in [5, 5.41) is 7.43. The van der Waals surface area contributed by atoms with Crippen molar-refractivity contribution in [2.24, 2.45) is 0 Å². The number of hydrogen-bond acceptors (Lipinski definition) is 6. The molecule has 6 aromatic rings. The summed E-state index contributed by atoms with van der Waals surface area (Å²) in [6, 6.07) is 13.1. The van der Waals surface area contributed by atoms with Crippen LogP contribution in [0.3, 0.4) is 0 Å². The Labute approximate surface area is 215 Å². The maximum atomic E-state index is 15.7. The number of aryl methyl sites for hydroxylation is 1. The van der Waals surface area contributed by atoms with Crippen LogP contribution in [0.4, 0.5) is 8.78 Å². The molecule has 0 amide bonds. The van der Waals surface area contributed by atoms with Crippen molar-refractivity contribution in [2.45, 2.75) is 6.42 Å². The predicted octanol–water partition coefficient (Wildman–Crippen LogP) is 5.10. The predicted molar refractivity (Wildman–Crippen MR) is 141 cm³/mol. The van der Waals surface area contributed by atoms with E-state index in [9.17, 15) is 12.8 Å². The molecule has 0 aliphatic heterocycles. The number of aromatic nitrogens is 6. The highest BCUT2D eigenvalue weighted by atomic mass is 32.2. The number of rotatable bonds is 6. The zero-order valence-corrected chi connectivity index (χ0v) is 20.9. The molecule has 0 bridgehead atoms. The molecule has 0 aliphatic carbocycles. The molecule has 0 saturated heterocycles. The summed E-state index contributed by atoms with van der Waals surface area (Å²) in [6.45, 7) is 0. The van der Waals surface area contributed by atoms with Crippen LogP contribution in [-0.2, 0) is 16.3 Å². The molecule has 0 spiro atoms. The molecule has 11 heteroatoms. The molecular weight excluding hydrogens is 510 g/mol. The number of nitrogens with one attached hydrogen (secondary N) is 2.